The van der Waals surface area contributed by atoms with Crippen molar-refractivity contribution in [2.75, 3.05) is 13.7 Å². The molecule has 1 aromatic carbocycles. The Labute approximate surface area is 179 Å². The van der Waals surface area contributed by atoms with E-state index in [9.17, 15) is 18.1 Å². The summed E-state index contributed by atoms with van der Waals surface area (Å²) in [6.07, 6.45) is 9.62. The van der Waals surface area contributed by atoms with E-state index >= 15 is 0 Å². The van der Waals surface area contributed by atoms with Gasteiger partial charge in [-0.1, -0.05) is 57.9 Å². The monoisotopic (exact) mass is 396 g/mol. The van der Waals surface area contributed by atoms with Crippen molar-refractivity contribution in [2.45, 2.75) is 63.7 Å². The summed E-state index contributed by atoms with van der Waals surface area (Å²) in [5, 5.41) is 9.52. The van der Waals surface area contributed by atoms with Gasteiger partial charge in [0, 0.05) is 0 Å². The SMILES string of the molecule is CCCCCCCCCCOc1ccc(C(O)S(=O)(=O)[O-])cc1OC.[Na+]. The van der Waals surface area contributed by atoms with Crippen LogP contribution in [0.2, 0.25) is 0 Å². The zero-order chi connectivity index (χ0) is 18.7. The fourth-order valence-corrected chi connectivity index (χ4v) is 3.02. The smallest absolute Gasteiger partial charge is 0.746 e. The molecule has 1 N–H and O–H groups in total. The maximum absolute atomic E-state index is 10.9. The number of benzene rings is 1. The summed E-state index contributed by atoms with van der Waals surface area (Å²) in [5.74, 6) is 0.754. The molecule has 1 atom stereocenters. The fraction of sp³-hybridized carbons (Fsp3) is 0.667. The first kappa shape index (κ1) is 25.7. The summed E-state index contributed by atoms with van der Waals surface area (Å²) in [6, 6.07) is 4.17. The molecule has 0 amide bonds. The number of rotatable bonds is 13. The van der Waals surface area contributed by atoms with Crippen molar-refractivity contribution in [2.24, 2.45) is 0 Å². The quantitative estimate of drug-likeness (QED) is 0.300. The van der Waals surface area contributed by atoms with E-state index in [4.69, 9.17) is 9.47 Å². The number of aliphatic hydroxyl groups excluding tert-OH is 1. The fourth-order valence-electron chi connectivity index (χ4n) is 2.54. The largest absolute Gasteiger partial charge is 1.00 e. The molecule has 144 valence electrons. The van der Waals surface area contributed by atoms with Crippen molar-refractivity contribution in [3.63, 3.8) is 0 Å². The second-order valence-corrected chi connectivity index (χ2v) is 7.51. The molecule has 0 aliphatic heterocycles. The van der Waals surface area contributed by atoms with Gasteiger partial charge >= 0.3 is 29.6 Å². The van der Waals surface area contributed by atoms with Gasteiger partial charge in [0.05, 0.1) is 13.7 Å². The molecule has 0 aromatic heterocycles. The second-order valence-electron chi connectivity index (χ2n) is 6.08. The predicted molar refractivity (Wildman–Crippen MR) is 95.8 cm³/mol. The third kappa shape index (κ3) is 9.58. The van der Waals surface area contributed by atoms with Crippen molar-refractivity contribution in [1.29, 1.82) is 0 Å². The summed E-state index contributed by atoms with van der Waals surface area (Å²) in [7, 11) is -3.40. The van der Waals surface area contributed by atoms with E-state index in [0.717, 1.165) is 12.8 Å². The molecular formula is C18H29NaO6S. The molecule has 0 aliphatic rings. The Bertz CT molecular complexity index is 606. The van der Waals surface area contributed by atoms with Crippen molar-refractivity contribution < 1.29 is 57.1 Å². The van der Waals surface area contributed by atoms with E-state index < -0.39 is 15.6 Å². The molecule has 0 saturated carbocycles. The molecule has 0 fully saturated rings. The molecule has 0 aliphatic carbocycles. The molecule has 0 saturated heterocycles. The second kappa shape index (κ2) is 13.8. The van der Waals surface area contributed by atoms with Crippen molar-refractivity contribution >= 4 is 10.1 Å². The summed E-state index contributed by atoms with van der Waals surface area (Å²) in [5.41, 5.74) is -2.14. The zero-order valence-electron chi connectivity index (χ0n) is 16.1. The number of ether oxygens (including phenoxy) is 2. The van der Waals surface area contributed by atoms with Gasteiger partial charge in [0.15, 0.2) is 16.9 Å². The first-order chi connectivity index (χ1) is 11.9. The molecule has 1 aromatic rings. The van der Waals surface area contributed by atoms with Crippen LogP contribution in [0.25, 0.3) is 0 Å². The summed E-state index contributed by atoms with van der Waals surface area (Å²) >= 11 is 0. The summed E-state index contributed by atoms with van der Waals surface area (Å²) in [4.78, 5) is 0. The van der Waals surface area contributed by atoms with Crippen LogP contribution in [-0.2, 0) is 10.1 Å². The van der Waals surface area contributed by atoms with Crippen molar-refractivity contribution in [3.8, 4) is 11.5 Å². The molecule has 1 rings (SSSR count). The van der Waals surface area contributed by atoms with E-state index in [1.54, 1.807) is 0 Å². The van der Waals surface area contributed by atoms with Gasteiger partial charge in [-0.3, -0.25) is 0 Å². The Morgan fingerprint density at radius 1 is 1.04 bits per heavy atom. The van der Waals surface area contributed by atoms with Crippen LogP contribution in [0.15, 0.2) is 18.2 Å². The minimum absolute atomic E-state index is 0. The number of unbranched alkanes of at least 4 members (excludes halogenated alkanes) is 7. The van der Waals surface area contributed by atoms with Gasteiger partial charge in [-0.25, -0.2) is 8.42 Å². The van der Waals surface area contributed by atoms with Crippen LogP contribution < -0.4 is 39.0 Å². The van der Waals surface area contributed by atoms with E-state index in [1.807, 2.05) is 0 Å². The number of hydrogen-bond acceptors (Lipinski definition) is 6. The third-order valence-electron chi connectivity index (χ3n) is 4.00. The van der Waals surface area contributed by atoms with E-state index in [-0.39, 0.29) is 35.1 Å². The van der Waals surface area contributed by atoms with E-state index in [2.05, 4.69) is 6.92 Å². The normalized spacial score (nSPS) is 12.3. The average Bonchev–Trinajstić information content (AvgIpc) is 2.59. The minimum atomic E-state index is -4.82. The number of hydrogen-bond donors (Lipinski definition) is 1. The first-order valence-electron chi connectivity index (χ1n) is 8.83. The van der Waals surface area contributed by atoms with Crippen molar-refractivity contribution in [3.05, 3.63) is 23.8 Å². The molecule has 0 heterocycles. The van der Waals surface area contributed by atoms with Crippen LogP contribution in [0.3, 0.4) is 0 Å². The number of methoxy groups -OCH3 is 1. The third-order valence-corrected chi connectivity index (χ3v) is 4.82. The average molecular weight is 396 g/mol. The first-order valence-corrected chi connectivity index (χ1v) is 10.3. The Morgan fingerprint density at radius 3 is 2.15 bits per heavy atom. The van der Waals surface area contributed by atoms with Crippen LogP contribution >= 0.6 is 0 Å². The zero-order valence-corrected chi connectivity index (χ0v) is 18.9. The topological polar surface area (TPSA) is 95.9 Å². The van der Waals surface area contributed by atoms with Gasteiger partial charge in [0.2, 0.25) is 0 Å². The Morgan fingerprint density at radius 2 is 1.62 bits per heavy atom. The Kier molecular flexibility index (Phi) is 13.6. The van der Waals surface area contributed by atoms with E-state index in [1.165, 1.54) is 63.8 Å². The van der Waals surface area contributed by atoms with Gasteiger partial charge < -0.3 is 19.1 Å². The molecular weight excluding hydrogens is 367 g/mol. The van der Waals surface area contributed by atoms with Crippen molar-refractivity contribution in [1.82, 2.24) is 0 Å². The molecule has 6 nitrogen and oxygen atoms in total. The predicted octanol–water partition coefficient (Wildman–Crippen LogP) is 0.755. The van der Waals surface area contributed by atoms with Gasteiger partial charge in [-0.15, -0.1) is 0 Å². The summed E-state index contributed by atoms with van der Waals surface area (Å²) < 4.78 is 43.5. The van der Waals surface area contributed by atoms with Crippen LogP contribution in [0.4, 0.5) is 0 Å². The van der Waals surface area contributed by atoms with Crippen LogP contribution in [0, 0.1) is 0 Å². The Balaban J connectivity index is 0.00000625. The van der Waals surface area contributed by atoms with Gasteiger partial charge in [0.25, 0.3) is 0 Å². The van der Waals surface area contributed by atoms with Crippen LogP contribution in [-0.4, -0.2) is 31.8 Å². The van der Waals surface area contributed by atoms with Crippen LogP contribution in [0.1, 0.15) is 69.3 Å². The van der Waals surface area contributed by atoms with Gasteiger partial charge in [-0.05, 0) is 24.1 Å². The molecule has 0 radical (unpaired) electrons. The maximum atomic E-state index is 10.9. The molecule has 0 spiro atoms. The van der Waals surface area contributed by atoms with Crippen LogP contribution in [0.5, 0.6) is 11.5 Å². The van der Waals surface area contributed by atoms with Gasteiger partial charge in [-0.2, -0.15) is 0 Å². The standard InChI is InChI=1S/C18H30O6S.Na/c1-3-4-5-6-7-8-9-10-13-24-16-12-11-15(14-17(16)23-2)18(19)25(20,21)22;/h11-12,14,18-19H,3-10,13H2,1-2H3,(H,20,21,22);/q;+1/p-1. The minimum Gasteiger partial charge on any atom is -0.746 e. The molecule has 1 unspecified atom stereocenters. The van der Waals surface area contributed by atoms with Gasteiger partial charge in [0.1, 0.15) is 10.1 Å². The number of aliphatic hydroxyl groups is 1. The molecule has 26 heavy (non-hydrogen) atoms. The summed E-state index contributed by atoms with van der Waals surface area (Å²) in [6.45, 7) is 2.74. The molecule has 8 heteroatoms. The molecule has 0 bridgehead atoms. The maximum Gasteiger partial charge on any atom is 1.00 e. The van der Waals surface area contributed by atoms with E-state index in [0.29, 0.717) is 18.1 Å². The Hall–Kier alpha value is -0.310.